The summed E-state index contributed by atoms with van der Waals surface area (Å²) in [5.74, 6) is 0.805. The molecule has 0 aromatic carbocycles. The van der Waals surface area contributed by atoms with Gasteiger partial charge in [-0.2, -0.15) is 11.3 Å². The Hall–Kier alpha value is -0.380. The molecule has 0 bridgehead atoms. The Morgan fingerprint density at radius 1 is 1.56 bits per heavy atom. The summed E-state index contributed by atoms with van der Waals surface area (Å²) in [5, 5.41) is 4.23. The van der Waals surface area contributed by atoms with Crippen LogP contribution in [-0.2, 0) is 4.74 Å². The van der Waals surface area contributed by atoms with Crippen molar-refractivity contribution in [1.82, 2.24) is 0 Å². The second-order valence-electron chi connectivity index (χ2n) is 4.81. The van der Waals surface area contributed by atoms with Crippen molar-refractivity contribution in [3.8, 4) is 0 Å². The highest BCUT2D eigenvalue weighted by Gasteiger charge is 2.23. The predicted octanol–water partition coefficient (Wildman–Crippen LogP) is 3.34. The van der Waals surface area contributed by atoms with Crippen LogP contribution in [-0.4, -0.2) is 12.6 Å². The summed E-state index contributed by atoms with van der Waals surface area (Å²) in [6.07, 6.45) is 5.56. The van der Waals surface area contributed by atoms with Crippen LogP contribution in [0.2, 0.25) is 0 Å². The summed E-state index contributed by atoms with van der Waals surface area (Å²) < 4.78 is 6.14. The zero-order valence-corrected chi connectivity index (χ0v) is 10.7. The molecule has 1 aromatic heterocycles. The maximum Gasteiger partial charge on any atom is 0.0958 e. The van der Waals surface area contributed by atoms with Gasteiger partial charge in [0.2, 0.25) is 0 Å². The smallest absolute Gasteiger partial charge is 0.0958 e. The van der Waals surface area contributed by atoms with Crippen LogP contribution in [0.4, 0.5) is 0 Å². The van der Waals surface area contributed by atoms with E-state index in [9.17, 15) is 0 Å². The van der Waals surface area contributed by atoms with Gasteiger partial charge in [0.15, 0.2) is 0 Å². The molecule has 2 rings (SSSR count). The molecule has 3 unspecified atom stereocenters. The van der Waals surface area contributed by atoms with Gasteiger partial charge in [-0.15, -0.1) is 0 Å². The third-order valence-electron chi connectivity index (χ3n) is 3.37. The van der Waals surface area contributed by atoms with Crippen LogP contribution in [0.1, 0.15) is 44.3 Å². The van der Waals surface area contributed by atoms with Gasteiger partial charge in [-0.1, -0.05) is 19.8 Å². The Balaban J connectivity index is 1.91. The van der Waals surface area contributed by atoms with Crippen LogP contribution >= 0.6 is 11.3 Å². The summed E-state index contributed by atoms with van der Waals surface area (Å²) in [7, 11) is 0. The maximum atomic E-state index is 6.14. The molecule has 16 heavy (non-hydrogen) atoms. The van der Waals surface area contributed by atoms with Crippen LogP contribution in [0.5, 0.6) is 0 Å². The fourth-order valence-electron chi connectivity index (χ4n) is 2.46. The van der Waals surface area contributed by atoms with E-state index in [1.54, 1.807) is 11.3 Å². The highest BCUT2D eigenvalue weighted by atomic mass is 32.1. The third kappa shape index (κ3) is 3.06. The number of hydrogen-bond acceptors (Lipinski definition) is 3. The molecule has 1 aromatic rings. The normalized spacial score (nSPS) is 27.9. The highest BCUT2D eigenvalue weighted by molar-refractivity contribution is 7.07. The molecule has 3 heteroatoms. The molecule has 1 saturated carbocycles. The highest BCUT2D eigenvalue weighted by Crippen LogP contribution is 2.30. The van der Waals surface area contributed by atoms with Crippen LogP contribution in [0.25, 0.3) is 0 Å². The average molecular weight is 239 g/mol. The number of thiophene rings is 1. The second-order valence-corrected chi connectivity index (χ2v) is 5.59. The molecule has 0 saturated heterocycles. The van der Waals surface area contributed by atoms with Crippen molar-refractivity contribution in [3.05, 3.63) is 22.4 Å². The maximum absolute atomic E-state index is 6.14. The van der Waals surface area contributed by atoms with Crippen molar-refractivity contribution >= 4 is 11.3 Å². The number of hydrogen-bond donors (Lipinski definition) is 1. The Labute approximate surface area is 102 Å². The van der Waals surface area contributed by atoms with Crippen LogP contribution < -0.4 is 5.73 Å². The van der Waals surface area contributed by atoms with Crippen molar-refractivity contribution in [3.63, 3.8) is 0 Å². The lowest BCUT2D eigenvalue weighted by Crippen LogP contribution is -2.26. The van der Waals surface area contributed by atoms with Gasteiger partial charge in [-0.05, 0) is 41.1 Å². The standard InChI is InChI=1S/C13H21NOS/c1-10-3-2-4-12(7-10)15-13(8-14)11-5-6-16-9-11/h5-6,9-10,12-13H,2-4,7-8,14H2,1H3. The first-order chi connectivity index (χ1) is 7.79. The SMILES string of the molecule is CC1CCCC(OC(CN)c2ccsc2)C1. The van der Waals surface area contributed by atoms with Gasteiger partial charge >= 0.3 is 0 Å². The zero-order chi connectivity index (χ0) is 11.4. The monoisotopic (exact) mass is 239 g/mol. The van der Waals surface area contributed by atoms with E-state index in [1.165, 1.54) is 31.2 Å². The number of rotatable bonds is 4. The zero-order valence-electron chi connectivity index (χ0n) is 9.89. The van der Waals surface area contributed by atoms with E-state index in [4.69, 9.17) is 10.5 Å². The first-order valence-corrected chi connectivity index (χ1v) is 7.11. The van der Waals surface area contributed by atoms with Gasteiger partial charge < -0.3 is 10.5 Å². The lowest BCUT2D eigenvalue weighted by atomic mass is 9.88. The van der Waals surface area contributed by atoms with E-state index in [-0.39, 0.29) is 6.10 Å². The van der Waals surface area contributed by atoms with Gasteiger partial charge in [0, 0.05) is 6.54 Å². The number of nitrogens with two attached hydrogens (primary N) is 1. The van der Waals surface area contributed by atoms with E-state index >= 15 is 0 Å². The quantitative estimate of drug-likeness (QED) is 0.874. The summed E-state index contributed by atoms with van der Waals surface area (Å²) in [6.45, 7) is 2.90. The molecule has 0 spiro atoms. The molecule has 1 aliphatic carbocycles. The third-order valence-corrected chi connectivity index (χ3v) is 4.08. The van der Waals surface area contributed by atoms with Crippen molar-refractivity contribution in [2.75, 3.05) is 6.54 Å². The van der Waals surface area contributed by atoms with Gasteiger partial charge in [-0.3, -0.25) is 0 Å². The Morgan fingerprint density at radius 2 is 2.44 bits per heavy atom. The van der Waals surface area contributed by atoms with Crippen molar-refractivity contribution < 1.29 is 4.74 Å². The summed E-state index contributed by atoms with van der Waals surface area (Å²) >= 11 is 1.71. The second kappa shape index (κ2) is 5.80. The molecular formula is C13H21NOS. The molecule has 1 fully saturated rings. The number of ether oxygens (including phenoxy) is 1. The first-order valence-electron chi connectivity index (χ1n) is 6.17. The largest absolute Gasteiger partial charge is 0.369 e. The van der Waals surface area contributed by atoms with Crippen LogP contribution in [0, 0.1) is 5.92 Å². The topological polar surface area (TPSA) is 35.2 Å². The fraction of sp³-hybridized carbons (Fsp3) is 0.692. The molecule has 90 valence electrons. The van der Waals surface area contributed by atoms with Crippen molar-refractivity contribution in [2.24, 2.45) is 11.7 Å². The summed E-state index contributed by atoms with van der Waals surface area (Å²) in [4.78, 5) is 0. The first kappa shape index (κ1) is 12.1. The molecule has 0 aliphatic heterocycles. The molecule has 1 heterocycles. The van der Waals surface area contributed by atoms with E-state index in [2.05, 4.69) is 23.8 Å². The summed E-state index contributed by atoms with van der Waals surface area (Å²) in [6, 6.07) is 2.12. The molecule has 1 aliphatic rings. The molecule has 2 nitrogen and oxygen atoms in total. The van der Waals surface area contributed by atoms with E-state index in [1.807, 2.05) is 0 Å². The van der Waals surface area contributed by atoms with Crippen LogP contribution in [0.3, 0.4) is 0 Å². The Bertz CT molecular complexity index is 299. The predicted molar refractivity (Wildman–Crippen MR) is 68.6 cm³/mol. The molecular weight excluding hydrogens is 218 g/mol. The van der Waals surface area contributed by atoms with E-state index in [0.717, 1.165) is 5.92 Å². The molecule has 3 atom stereocenters. The van der Waals surface area contributed by atoms with Gasteiger partial charge in [0.1, 0.15) is 0 Å². The summed E-state index contributed by atoms with van der Waals surface area (Å²) in [5.41, 5.74) is 7.04. The Kier molecular flexibility index (Phi) is 4.38. The molecule has 2 N–H and O–H groups in total. The minimum atomic E-state index is 0.0987. The Morgan fingerprint density at radius 3 is 3.06 bits per heavy atom. The minimum Gasteiger partial charge on any atom is -0.369 e. The molecule has 0 radical (unpaired) electrons. The average Bonchev–Trinajstić information content (AvgIpc) is 2.79. The lowest BCUT2D eigenvalue weighted by molar-refractivity contribution is -0.0359. The van der Waals surface area contributed by atoms with Crippen molar-refractivity contribution in [1.29, 1.82) is 0 Å². The van der Waals surface area contributed by atoms with Crippen molar-refractivity contribution in [2.45, 2.75) is 44.8 Å². The van der Waals surface area contributed by atoms with Gasteiger partial charge in [-0.25, -0.2) is 0 Å². The van der Waals surface area contributed by atoms with Gasteiger partial charge in [0.05, 0.1) is 12.2 Å². The van der Waals surface area contributed by atoms with Crippen LogP contribution in [0.15, 0.2) is 16.8 Å². The van der Waals surface area contributed by atoms with E-state index < -0.39 is 0 Å². The molecule has 0 amide bonds. The van der Waals surface area contributed by atoms with E-state index in [0.29, 0.717) is 12.6 Å². The fourth-order valence-corrected chi connectivity index (χ4v) is 3.16. The minimum absolute atomic E-state index is 0.0987. The van der Waals surface area contributed by atoms with Gasteiger partial charge in [0.25, 0.3) is 0 Å². The lowest BCUT2D eigenvalue weighted by Gasteiger charge is -2.30.